The Bertz CT molecular complexity index is 1460. The Balaban J connectivity index is 1.44. The van der Waals surface area contributed by atoms with E-state index in [0.29, 0.717) is 40.3 Å². The van der Waals surface area contributed by atoms with Crippen LogP contribution in [0.1, 0.15) is 51.4 Å². The first-order valence-corrected chi connectivity index (χ1v) is 13.6. The number of aromatic nitrogens is 4. The second-order valence-corrected chi connectivity index (χ2v) is 10.5. The van der Waals surface area contributed by atoms with E-state index in [1.807, 2.05) is 12.1 Å². The van der Waals surface area contributed by atoms with Crippen molar-refractivity contribution in [3.05, 3.63) is 59.5 Å². The van der Waals surface area contributed by atoms with Gasteiger partial charge in [-0.2, -0.15) is 5.10 Å². The average Bonchev–Trinajstić information content (AvgIpc) is 3.66. The van der Waals surface area contributed by atoms with Gasteiger partial charge in [0.15, 0.2) is 5.96 Å². The smallest absolute Gasteiger partial charge is 0.223 e. The quantitative estimate of drug-likeness (QED) is 0.167. The van der Waals surface area contributed by atoms with Crippen LogP contribution in [0, 0.1) is 11.2 Å². The zero-order valence-electron chi connectivity index (χ0n) is 21.0. The van der Waals surface area contributed by atoms with Crippen molar-refractivity contribution in [2.75, 3.05) is 10.6 Å². The lowest BCUT2D eigenvalue weighted by molar-refractivity contribution is 0.627. The number of rotatable bonds is 6. The number of hydrogen-bond acceptors (Lipinski definition) is 5. The number of nitrogens with one attached hydrogen (secondary N) is 4. The third-order valence-corrected chi connectivity index (χ3v) is 7.59. The molecule has 10 heteroatoms. The Morgan fingerprint density at radius 3 is 2.42 bits per heavy atom. The van der Waals surface area contributed by atoms with Crippen molar-refractivity contribution in [1.29, 1.82) is 5.41 Å². The Hall–Kier alpha value is -3.72. The molecule has 196 valence electrons. The van der Waals surface area contributed by atoms with Crippen LogP contribution in [-0.2, 0) is 0 Å². The van der Waals surface area contributed by atoms with E-state index < -0.39 is 0 Å². The maximum absolute atomic E-state index is 13.8. The molecule has 2 aliphatic rings. The third-order valence-electron chi connectivity index (χ3n) is 7.37. The lowest BCUT2D eigenvalue weighted by atomic mass is 10.0. The van der Waals surface area contributed by atoms with Crippen LogP contribution in [0.15, 0.2) is 48.7 Å². The molecule has 3 aromatic heterocycles. The van der Waals surface area contributed by atoms with E-state index in [9.17, 15) is 4.39 Å². The van der Waals surface area contributed by atoms with Crippen molar-refractivity contribution in [3.63, 3.8) is 0 Å². The van der Waals surface area contributed by atoms with Gasteiger partial charge in [0.2, 0.25) is 5.95 Å². The average molecular weight is 533 g/mol. The second-order valence-electron chi connectivity index (χ2n) is 10.1. The van der Waals surface area contributed by atoms with Gasteiger partial charge in [-0.3, -0.25) is 5.41 Å². The Kier molecular flexibility index (Phi) is 6.84. The van der Waals surface area contributed by atoms with Crippen molar-refractivity contribution in [3.8, 4) is 22.5 Å². The fourth-order valence-corrected chi connectivity index (χ4v) is 5.73. The summed E-state index contributed by atoms with van der Waals surface area (Å²) < 4.78 is 15.5. The summed E-state index contributed by atoms with van der Waals surface area (Å²) in [6.45, 7) is 0. The first-order valence-electron chi connectivity index (χ1n) is 13.2. The molecule has 0 atom stereocenters. The summed E-state index contributed by atoms with van der Waals surface area (Å²) in [5.41, 5.74) is 3.54. The van der Waals surface area contributed by atoms with Crippen LogP contribution in [0.2, 0.25) is 5.02 Å². The molecule has 4 aromatic rings. The van der Waals surface area contributed by atoms with Crippen molar-refractivity contribution in [1.82, 2.24) is 24.9 Å². The summed E-state index contributed by atoms with van der Waals surface area (Å²) in [5.74, 6) is 1.00. The summed E-state index contributed by atoms with van der Waals surface area (Å²) in [6.07, 6.45) is 10.8. The van der Waals surface area contributed by atoms with E-state index in [4.69, 9.17) is 27.1 Å². The second kappa shape index (κ2) is 10.6. The van der Waals surface area contributed by atoms with Crippen LogP contribution in [0.4, 0.5) is 16.2 Å². The maximum atomic E-state index is 13.8. The van der Waals surface area contributed by atoms with Crippen molar-refractivity contribution < 1.29 is 4.39 Å². The predicted octanol–water partition coefficient (Wildman–Crippen LogP) is 6.48. The summed E-state index contributed by atoms with van der Waals surface area (Å²) in [5, 5.41) is 23.8. The molecular weight excluding hydrogens is 503 g/mol. The Morgan fingerprint density at radius 1 is 0.974 bits per heavy atom. The molecule has 3 heterocycles. The van der Waals surface area contributed by atoms with E-state index in [1.165, 1.54) is 37.8 Å². The van der Waals surface area contributed by atoms with E-state index >= 15 is 0 Å². The SMILES string of the molecule is N=C(Nc1cc(Cl)cc2c(-c3ccnc(NC4CCCC4)n3)c(-c3ccc(F)cc3)nn12)NC1CCCC1. The minimum absolute atomic E-state index is 0.200. The first kappa shape index (κ1) is 24.6. The molecule has 0 spiro atoms. The van der Waals surface area contributed by atoms with E-state index in [1.54, 1.807) is 28.9 Å². The number of benzene rings is 1. The molecule has 0 bridgehead atoms. The Morgan fingerprint density at radius 2 is 1.68 bits per heavy atom. The highest BCUT2D eigenvalue weighted by molar-refractivity contribution is 6.31. The normalized spacial score (nSPS) is 16.3. The van der Waals surface area contributed by atoms with Gasteiger partial charge in [-0.1, -0.05) is 37.3 Å². The van der Waals surface area contributed by atoms with Gasteiger partial charge in [-0.25, -0.2) is 18.9 Å². The lowest BCUT2D eigenvalue weighted by Gasteiger charge is -2.16. The molecule has 4 N–H and O–H groups in total. The minimum Gasteiger partial charge on any atom is -0.354 e. The zero-order valence-corrected chi connectivity index (χ0v) is 21.7. The van der Waals surface area contributed by atoms with Crippen LogP contribution in [0.5, 0.6) is 0 Å². The van der Waals surface area contributed by atoms with Crippen LogP contribution < -0.4 is 16.0 Å². The van der Waals surface area contributed by atoms with Gasteiger partial charge < -0.3 is 16.0 Å². The van der Waals surface area contributed by atoms with E-state index in [2.05, 4.69) is 20.9 Å². The highest BCUT2D eigenvalue weighted by Crippen LogP contribution is 2.37. The van der Waals surface area contributed by atoms with Gasteiger partial charge >= 0.3 is 0 Å². The Labute approximate surface area is 225 Å². The molecule has 8 nitrogen and oxygen atoms in total. The number of hydrogen-bond donors (Lipinski definition) is 4. The maximum Gasteiger partial charge on any atom is 0.223 e. The molecule has 2 saturated carbocycles. The fraction of sp³-hybridized carbons (Fsp3) is 0.357. The molecular formula is C28H30ClFN8. The summed E-state index contributed by atoms with van der Waals surface area (Å²) in [4.78, 5) is 9.31. The standard InChI is InChI=1S/C28H30ClFN8/c29-18-15-23-25(22-13-14-32-28(35-22)34-21-7-3-4-8-21)26(17-9-11-19(30)12-10-17)37-38(23)24(16-18)36-27(31)33-20-5-1-2-6-20/h9-16,20-21H,1-8H2,(H3,31,33,36)(H,32,34,35). The fourth-order valence-electron chi connectivity index (χ4n) is 5.52. The van der Waals surface area contributed by atoms with Crippen LogP contribution in [0.25, 0.3) is 28.0 Å². The minimum atomic E-state index is -0.319. The van der Waals surface area contributed by atoms with Crippen LogP contribution >= 0.6 is 11.6 Å². The molecule has 0 saturated heterocycles. The molecule has 0 unspecified atom stereocenters. The van der Waals surface area contributed by atoms with Gasteiger partial charge in [-0.05, 0) is 68.1 Å². The topological polar surface area (TPSA) is 103 Å². The molecule has 6 rings (SSSR count). The van der Waals surface area contributed by atoms with Gasteiger partial charge in [0, 0.05) is 28.9 Å². The van der Waals surface area contributed by atoms with E-state index in [-0.39, 0.29) is 11.8 Å². The van der Waals surface area contributed by atoms with Gasteiger partial charge in [-0.15, -0.1) is 0 Å². The molecule has 1 aromatic carbocycles. The number of fused-ring (bicyclic) bond motifs is 1. The van der Waals surface area contributed by atoms with Gasteiger partial charge in [0.1, 0.15) is 17.3 Å². The number of guanidine groups is 1. The molecule has 0 aliphatic heterocycles. The largest absolute Gasteiger partial charge is 0.354 e. The summed E-state index contributed by atoms with van der Waals surface area (Å²) in [7, 11) is 0. The highest BCUT2D eigenvalue weighted by Gasteiger charge is 2.23. The van der Waals surface area contributed by atoms with Gasteiger partial charge in [0.25, 0.3) is 0 Å². The first-order chi connectivity index (χ1) is 18.5. The monoisotopic (exact) mass is 532 g/mol. The van der Waals surface area contributed by atoms with Crippen molar-refractivity contribution >= 4 is 34.8 Å². The number of halogens is 2. The van der Waals surface area contributed by atoms with E-state index in [0.717, 1.165) is 42.3 Å². The summed E-state index contributed by atoms with van der Waals surface area (Å²) >= 11 is 6.59. The van der Waals surface area contributed by atoms with Crippen LogP contribution in [0.3, 0.4) is 0 Å². The zero-order chi connectivity index (χ0) is 26.1. The number of anilines is 2. The molecule has 2 aliphatic carbocycles. The van der Waals surface area contributed by atoms with Crippen LogP contribution in [-0.4, -0.2) is 37.6 Å². The molecule has 0 amide bonds. The lowest BCUT2D eigenvalue weighted by Crippen LogP contribution is -2.37. The van der Waals surface area contributed by atoms with Crippen molar-refractivity contribution in [2.24, 2.45) is 0 Å². The third kappa shape index (κ3) is 5.15. The number of nitrogens with zero attached hydrogens (tertiary/aromatic N) is 4. The summed E-state index contributed by atoms with van der Waals surface area (Å²) in [6, 6.07) is 12.3. The molecule has 0 radical (unpaired) electrons. The predicted molar refractivity (Wildman–Crippen MR) is 149 cm³/mol. The highest BCUT2D eigenvalue weighted by atomic mass is 35.5. The molecule has 2 fully saturated rings. The van der Waals surface area contributed by atoms with Crippen molar-refractivity contribution in [2.45, 2.75) is 63.5 Å². The van der Waals surface area contributed by atoms with Gasteiger partial charge in [0.05, 0.1) is 16.8 Å². The number of pyridine rings is 1. The molecule has 38 heavy (non-hydrogen) atoms.